The van der Waals surface area contributed by atoms with Gasteiger partial charge in [-0.1, -0.05) is 0 Å². The monoisotopic (exact) mass is 324 g/mol. The van der Waals surface area contributed by atoms with Gasteiger partial charge in [-0.3, -0.25) is 0 Å². The number of benzene rings is 1. The third-order valence-corrected chi connectivity index (χ3v) is 4.97. The van der Waals surface area contributed by atoms with E-state index in [-0.39, 0.29) is 16.6 Å². The Morgan fingerprint density at radius 1 is 1.05 bits per heavy atom. The Morgan fingerprint density at radius 3 is 1.95 bits per heavy atom. The minimum Gasteiger partial charge on any atom is -0.372 e. The molecule has 120 valence electrons. The Balaban J connectivity index is 3.57. The lowest BCUT2D eigenvalue weighted by atomic mass is 10.1. The second-order valence-electron chi connectivity index (χ2n) is 5.21. The predicted molar refractivity (Wildman–Crippen MR) is 75.9 cm³/mol. The van der Waals surface area contributed by atoms with E-state index in [1.165, 1.54) is 20.2 Å². The molecule has 1 aromatic rings. The molecule has 0 amide bonds. The highest BCUT2D eigenvalue weighted by Crippen LogP contribution is 2.34. The van der Waals surface area contributed by atoms with Crippen LogP contribution < -0.4 is 4.90 Å². The van der Waals surface area contributed by atoms with Crippen LogP contribution in [0.25, 0.3) is 0 Å². The lowest BCUT2D eigenvalue weighted by molar-refractivity contribution is -0.137. The second kappa shape index (κ2) is 5.84. The lowest BCUT2D eigenvalue weighted by Gasteiger charge is -2.26. The van der Waals surface area contributed by atoms with E-state index in [2.05, 4.69) is 0 Å². The van der Waals surface area contributed by atoms with Gasteiger partial charge in [-0.05, 0) is 32.0 Å². The summed E-state index contributed by atoms with van der Waals surface area (Å²) in [7, 11) is 0.241. The standard InChI is InChI=1S/C13H19F3N2O2S/c1-9(2)18(5)11-6-10(13(14,15)16)7-12(8-11)21(19,20)17(3)4/h6-9H,1-5H3. The largest absolute Gasteiger partial charge is 0.416 e. The third-order valence-electron chi connectivity index (χ3n) is 3.18. The van der Waals surface area contributed by atoms with E-state index in [0.29, 0.717) is 6.07 Å². The molecule has 0 aromatic heterocycles. The fraction of sp³-hybridized carbons (Fsp3) is 0.538. The first kappa shape index (κ1) is 17.8. The molecule has 0 saturated heterocycles. The van der Waals surface area contributed by atoms with E-state index in [4.69, 9.17) is 0 Å². The molecule has 1 aromatic carbocycles. The molecule has 0 aliphatic rings. The molecular weight excluding hydrogens is 305 g/mol. The molecule has 21 heavy (non-hydrogen) atoms. The first-order valence-electron chi connectivity index (χ1n) is 6.25. The Hall–Kier alpha value is -1.28. The number of sulfonamides is 1. The van der Waals surface area contributed by atoms with Crippen molar-refractivity contribution in [3.05, 3.63) is 23.8 Å². The zero-order valence-corrected chi connectivity index (χ0v) is 13.4. The number of hydrogen-bond donors (Lipinski definition) is 0. The van der Waals surface area contributed by atoms with E-state index < -0.39 is 21.8 Å². The van der Waals surface area contributed by atoms with Crippen LogP contribution in [0.4, 0.5) is 18.9 Å². The Bertz CT molecular complexity index is 610. The molecular formula is C13H19F3N2O2S. The molecule has 8 heteroatoms. The molecule has 4 nitrogen and oxygen atoms in total. The van der Waals surface area contributed by atoms with Crippen LogP contribution in [-0.4, -0.2) is 39.9 Å². The van der Waals surface area contributed by atoms with Gasteiger partial charge in [-0.25, -0.2) is 12.7 Å². The molecule has 0 unspecified atom stereocenters. The van der Waals surface area contributed by atoms with Crippen LogP contribution in [-0.2, 0) is 16.2 Å². The number of hydrogen-bond acceptors (Lipinski definition) is 3. The highest BCUT2D eigenvalue weighted by molar-refractivity contribution is 7.89. The van der Waals surface area contributed by atoms with Crippen molar-refractivity contribution in [3.8, 4) is 0 Å². The maximum Gasteiger partial charge on any atom is 0.416 e. The van der Waals surface area contributed by atoms with Crippen LogP contribution >= 0.6 is 0 Å². The lowest BCUT2D eigenvalue weighted by Crippen LogP contribution is -2.27. The van der Waals surface area contributed by atoms with Gasteiger partial charge in [-0.2, -0.15) is 13.2 Å². The van der Waals surface area contributed by atoms with Crippen LogP contribution in [0.3, 0.4) is 0 Å². The van der Waals surface area contributed by atoms with Crippen LogP contribution in [0.5, 0.6) is 0 Å². The van der Waals surface area contributed by atoms with E-state index in [1.807, 2.05) is 0 Å². The Kier molecular flexibility index (Phi) is 4.94. The van der Waals surface area contributed by atoms with Crippen molar-refractivity contribution in [2.75, 3.05) is 26.0 Å². The zero-order valence-electron chi connectivity index (χ0n) is 12.6. The Morgan fingerprint density at radius 2 is 1.57 bits per heavy atom. The van der Waals surface area contributed by atoms with Gasteiger partial charge in [0, 0.05) is 32.9 Å². The van der Waals surface area contributed by atoms with E-state index in [9.17, 15) is 21.6 Å². The number of nitrogens with zero attached hydrogens (tertiary/aromatic N) is 2. The summed E-state index contributed by atoms with van der Waals surface area (Å²) in [6.45, 7) is 3.61. The van der Waals surface area contributed by atoms with Crippen molar-refractivity contribution in [1.29, 1.82) is 0 Å². The molecule has 0 aliphatic carbocycles. The summed E-state index contributed by atoms with van der Waals surface area (Å²) in [4.78, 5) is 1.22. The van der Waals surface area contributed by atoms with Crippen LogP contribution in [0, 0.1) is 0 Å². The average Bonchev–Trinajstić information content (AvgIpc) is 2.35. The molecule has 0 saturated carbocycles. The fourth-order valence-corrected chi connectivity index (χ4v) is 2.58. The van der Waals surface area contributed by atoms with Gasteiger partial charge in [0.05, 0.1) is 10.5 Å². The van der Waals surface area contributed by atoms with E-state index >= 15 is 0 Å². The van der Waals surface area contributed by atoms with Crippen molar-refractivity contribution in [2.24, 2.45) is 0 Å². The summed E-state index contributed by atoms with van der Waals surface area (Å²) in [5.74, 6) is 0. The summed E-state index contributed by atoms with van der Waals surface area (Å²) < 4.78 is 64.0. The molecule has 0 radical (unpaired) electrons. The van der Waals surface area contributed by atoms with Crippen LogP contribution in [0.1, 0.15) is 19.4 Å². The van der Waals surface area contributed by atoms with Gasteiger partial charge >= 0.3 is 6.18 Å². The van der Waals surface area contributed by atoms with Crippen molar-refractivity contribution in [1.82, 2.24) is 4.31 Å². The SMILES string of the molecule is CC(C)N(C)c1cc(C(F)(F)F)cc(S(=O)(=O)N(C)C)c1. The molecule has 0 aliphatic heterocycles. The second-order valence-corrected chi connectivity index (χ2v) is 7.36. The maximum atomic E-state index is 13.0. The number of alkyl halides is 3. The molecule has 1 rings (SSSR count). The summed E-state index contributed by atoms with van der Waals surface area (Å²) >= 11 is 0. The molecule has 0 spiro atoms. The summed E-state index contributed by atoms with van der Waals surface area (Å²) in [6, 6.07) is 2.80. The predicted octanol–water partition coefficient (Wildman–Crippen LogP) is 2.80. The smallest absolute Gasteiger partial charge is 0.372 e. The van der Waals surface area contributed by atoms with Crippen LogP contribution in [0.2, 0.25) is 0 Å². The topological polar surface area (TPSA) is 40.6 Å². The molecule has 0 bridgehead atoms. The number of anilines is 1. The van der Waals surface area contributed by atoms with Gasteiger partial charge in [0.2, 0.25) is 10.0 Å². The number of halogens is 3. The normalized spacial score (nSPS) is 13.0. The first-order chi connectivity index (χ1) is 9.37. The highest BCUT2D eigenvalue weighted by atomic mass is 32.2. The molecule has 0 fully saturated rings. The van der Waals surface area contributed by atoms with Gasteiger partial charge in [0.25, 0.3) is 0 Å². The highest BCUT2D eigenvalue weighted by Gasteiger charge is 2.33. The minimum absolute atomic E-state index is 0.0663. The number of rotatable bonds is 4. The van der Waals surface area contributed by atoms with Gasteiger partial charge in [0.15, 0.2) is 0 Å². The summed E-state index contributed by atoms with van der Waals surface area (Å²) in [6.07, 6.45) is -4.61. The first-order valence-corrected chi connectivity index (χ1v) is 7.69. The van der Waals surface area contributed by atoms with E-state index in [1.54, 1.807) is 25.8 Å². The summed E-state index contributed by atoms with van der Waals surface area (Å²) in [5, 5.41) is 0. The summed E-state index contributed by atoms with van der Waals surface area (Å²) in [5.41, 5.74) is -0.770. The van der Waals surface area contributed by atoms with Gasteiger partial charge in [0.1, 0.15) is 0 Å². The van der Waals surface area contributed by atoms with Gasteiger partial charge < -0.3 is 4.90 Å². The average molecular weight is 324 g/mol. The van der Waals surface area contributed by atoms with Gasteiger partial charge in [-0.15, -0.1) is 0 Å². The van der Waals surface area contributed by atoms with Crippen molar-refractivity contribution in [3.63, 3.8) is 0 Å². The Labute approximate surface area is 123 Å². The van der Waals surface area contributed by atoms with Crippen molar-refractivity contribution in [2.45, 2.75) is 31.0 Å². The quantitative estimate of drug-likeness (QED) is 0.855. The fourth-order valence-electron chi connectivity index (χ4n) is 1.61. The van der Waals surface area contributed by atoms with E-state index in [0.717, 1.165) is 10.4 Å². The van der Waals surface area contributed by atoms with Crippen LogP contribution in [0.15, 0.2) is 23.1 Å². The minimum atomic E-state index is -4.61. The molecule has 0 N–H and O–H groups in total. The third kappa shape index (κ3) is 3.88. The van der Waals surface area contributed by atoms with Crippen molar-refractivity contribution >= 4 is 15.7 Å². The maximum absolute atomic E-state index is 13.0. The molecule has 0 atom stereocenters. The van der Waals surface area contributed by atoms with Crippen molar-refractivity contribution < 1.29 is 21.6 Å². The molecule has 0 heterocycles. The zero-order chi connectivity index (χ0) is 16.6.